The van der Waals surface area contributed by atoms with E-state index >= 15 is 0 Å². The molecule has 0 fully saturated rings. The summed E-state index contributed by atoms with van der Waals surface area (Å²) in [5, 5.41) is 2.89. The number of pyridine rings is 1. The Morgan fingerprint density at radius 3 is 2.96 bits per heavy atom. The van der Waals surface area contributed by atoms with E-state index in [9.17, 15) is 9.59 Å². The number of aromatic nitrogens is 1. The van der Waals surface area contributed by atoms with Crippen molar-refractivity contribution in [2.75, 3.05) is 20.3 Å². The first kappa shape index (κ1) is 17.1. The molecular weight excluding hydrogens is 320 g/mol. The first-order valence-electron chi connectivity index (χ1n) is 8.39. The molecule has 1 aromatic carbocycles. The Kier molecular flexibility index (Phi) is 5.07. The molecule has 0 saturated heterocycles. The number of hydrogen-bond donors (Lipinski definition) is 1. The number of benzene rings is 1. The highest BCUT2D eigenvalue weighted by Crippen LogP contribution is 2.35. The number of nitrogens with one attached hydrogen (secondary N) is 1. The van der Waals surface area contributed by atoms with E-state index in [1.54, 1.807) is 23.9 Å². The monoisotopic (exact) mass is 342 g/mol. The van der Waals surface area contributed by atoms with E-state index < -0.39 is 0 Å². The van der Waals surface area contributed by atoms with E-state index in [-0.39, 0.29) is 17.4 Å². The summed E-state index contributed by atoms with van der Waals surface area (Å²) in [5.41, 5.74) is 1.29. The molecule has 0 saturated carbocycles. The molecule has 6 nitrogen and oxygen atoms in total. The molecule has 0 unspecified atom stereocenters. The van der Waals surface area contributed by atoms with Crippen molar-refractivity contribution >= 4 is 5.91 Å². The molecule has 0 radical (unpaired) electrons. The summed E-state index contributed by atoms with van der Waals surface area (Å²) in [6.45, 7) is 3.48. The molecule has 2 heterocycles. The molecule has 3 rings (SSSR count). The van der Waals surface area contributed by atoms with E-state index in [0.717, 1.165) is 23.5 Å². The molecule has 1 aliphatic heterocycles. The Hall–Kier alpha value is -2.76. The van der Waals surface area contributed by atoms with Crippen molar-refractivity contribution in [3.8, 4) is 11.5 Å². The summed E-state index contributed by atoms with van der Waals surface area (Å²) in [4.78, 5) is 24.1. The Balaban J connectivity index is 1.61. The van der Waals surface area contributed by atoms with E-state index in [2.05, 4.69) is 5.32 Å². The zero-order valence-corrected chi connectivity index (χ0v) is 14.5. The van der Waals surface area contributed by atoms with Crippen LogP contribution in [-0.4, -0.2) is 30.7 Å². The molecular formula is C19H22N2O4. The van der Waals surface area contributed by atoms with E-state index in [4.69, 9.17) is 9.47 Å². The predicted octanol–water partition coefficient (Wildman–Crippen LogP) is 1.86. The normalized spacial score (nSPS) is 15.8. The quantitative estimate of drug-likeness (QED) is 0.900. The van der Waals surface area contributed by atoms with Crippen molar-refractivity contribution in [2.24, 2.45) is 5.92 Å². The minimum Gasteiger partial charge on any atom is -0.493 e. The number of amides is 1. The van der Waals surface area contributed by atoms with Gasteiger partial charge in [0.15, 0.2) is 11.5 Å². The number of methoxy groups -OCH3 is 1. The summed E-state index contributed by atoms with van der Waals surface area (Å²) in [6.07, 6.45) is 2.45. The number of para-hydroxylation sites is 1. The fourth-order valence-corrected chi connectivity index (χ4v) is 3.00. The Bertz CT molecular complexity index is 828. The summed E-state index contributed by atoms with van der Waals surface area (Å²) in [5.74, 6) is 1.46. The van der Waals surface area contributed by atoms with Gasteiger partial charge in [-0.1, -0.05) is 12.1 Å². The molecule has 2 aromatic rings. The number of carbonyl (C=O) groups is 1. The third-order valence-electron chi connectivity index (χ3n) is 4.40. The number of nitrogens with zero attached hydrogens (tertiary/aromatic N) is 1. The Morgan fingerprint density at radius 1 is 1.40 bits per heavy atom. The van der Waals surface area contributed by atoms with Crippen LogP contribution >= 0.6 is 0 Å². The van der Waals surface area contributed by atoms with Gasteiger partial charge < -0.3 is 19.4 Å². The molecule has 6 heteroatoms. The van der Waals surface area contributed by atoms with E-state index in [0.29, 0.717) is 25.3 Å². The van der Waals surface area contributed by atoms with Crippen molar-refractivity contribution in [1.82, 2.24) is 9.88 Å². The second kappa shape index (κ2) is 7.42. The van der Waals surface area contributed by atoms with E-state index in [1.165, 1.54) is 6.07 Å². The smallest absolute Gasteiger partial charge is 0.251 e. The number of ether oxygens (including phenoxy) is 2. The van der Waals surface area contributed by atoms with Crippen LogP contribution in [0.25, 0.3) is 0 Å². The van der Waals surface area contributed by atoms with Crippen LogP contribution in [-0.2, 0) is 13.0 Å². The van der Waals surface area contributed by atoms with Crippen LogP contribution in [0.5, 0.6) is 11.5 Å². The number of carbonyl (C=O) groups excluding carboxylic acids is 1. The van der Waals surface area contributed by atoms with Gasteiger partial charge in [-0.05, 0) is 31.0 Å². The molecule has 1 aromatic heterocycles. The summed E-state index contributed by atoms with van der Waals surface area (Å²) in [7, 11) is 1.62. The van der Waals surface area contributed by atoms with Gasteiger partial charge in [-0.2, -0.15) is 0 Å². The molecule has 0 spiro atoms. The third kappa shape index (κ3) is 3.68. The Labute approximate surface area is 146 Å². The summed E-state index contributed by atoms with van der Waals surface area (Å²) >= 11 is 0. The highest BCUT2D eigenvalue weighted by Gasteiger charge is 2.23. The van der Waals surface area contributed by atoms with Crippen LogP contribution < -0.4 is 20.3 Å². The van der Waals surface area contributed by atoms with Crippen LogP contribution in [0.15, 0.2) is 41.3 Å². The number of rotatable bonds is 5. The van der Waals surface area contributed by atoms with Gasteiger partial charge in [0.2, 0.25) is 0 Å². The zero-order valence-electron chi connectivity index (χ0n) is 14.5. The van der Waals surface area contributed by atoms with Gasteiger partial charge in [-0.3, -0.25) is 9.59 Å². The fourth-order valence-electron chi connectivity index (χ4n) is 3.00. The molecule has 0 bridgehead atoms. The SMILES string of the molecule is CCn1ccc(C(=O)NC[C@H]2COc3c(cccc3OC)C2)cc1=O. The van der Waals surface area contributed by atoms with Gasteiger partial charge in [0.25, 0.3) is 11.5 Å². The molecule has 1 atom stereocenters. The first-order valence-corrected chi connectivity index (χ1v) is 8.39. The average Bonchev–Trinajstić information content (AvgIpc) is 2.65. The maximum Gasteiger partial charge on any atom is 0.251 e. The Morgan fingerprint density at radius 2 is 2.24 bits per heavy atom. The number of fused-ring (bicyclic) bond motifs is 1. The molecule has 0 aliphatic carbocycles. The van der Waals surface area contributed by atoms with Crippen molar-refractivity contribution < 1.29 is 14.3 Å². The molecule has 132 valence electrons. The highest BCUT2D eigenvalue weighted by atomic mass is 16.5. The molecule has 1 N–H and O–H groups in total. The van der Waals surface area contributed by atoms with E-state index in [1.807, 2.05) is 25.1 Å². The van der Waals surface area contributed by atoms with Crippen LogP contribution in [0.4, 0.5) is 0 Å². The molecule has 1 aliphatic rings. The van der Waals surface area contributed by atoms with Crippen LogP contribution in [0.2, 0.25) is 0 Å². The van der Waals surface area contributed by atoms with Crippen LogP contribution in [0, 0.1) is 5.92 Å². The predicted molar refractivity (Wildman–Crippen MR) is 94.4 cm³/mol. The molecule has 25 heavy (non-hydrogen) atoms. The second-order valence-corrected chi connectivity index (χ2v) is 6.08. The summed E-state index contributed by atoms with van der Waals surface area (Å²) < 4.78 is 12.7. The standard InChI is InChI=1S/C19H22N2O4/c1-3-21-8-7-15(10-17(21)22)19(23)20-11-13-9-14-5-4-6-16(24-2)18(14)25-12-13/h4-8,10,13H,3,9,11-12H2,1-2H3,(H,20,23)/t13-/m0/s1. The average molecular weight is 342 g/mol. The lowest BCUT2D eigenvalue weighted by Crippen LogP contribution is -2.35. The molecule has 1 amide bonds. The number of hydrogen-bond acceptors (Lipinski definition) is 4. The lowest BCUT2D eigenvalue weighted by Gasteiger charge is -2.26. The van der Waals surface area contributed by atoms with Crippen molar-refractivity contribution in [1.29, 1.82) is 0 Å². The van der Waals surface area contributed by atoms with Crippen molar-refractivity contribution in [2.45, 2.75) is 19.9 Å². The topological polar surface area (TPSA) is 69.6 Å². The minimum absolute atomic E-state index is 0.169. The third-order valence-corrected chi connectivity index (χ3v) is 4.40. The highest BCUT2D eigenvalue weighted by molar-refractivity contribution is 5.93. The van der Waals surface area contributed by atoms with Crippen molar-refractivity contribution in [3.05, 3.63) is 58.0 Å². The lowest BCUT2D eigenvalue weighted by molar-refractivity contribution is 0.0938. The fraction of sp³-hybridized carbons (Fsp3) is 0.368. The second-order valence-electron chi connectivity index (χ2n) is 6.08. The lowest BCUT2D eigenvalue weighted by atomic mass is 9.96. The zero-order chi connectivity index (χ0) is 17.8. The maximum absolute atomic E-state index is 12.3. The largest absolute Gasteiger partial charge is 0.493 e. The van der Waals surface area contributed by atoms with Gasteiger partial charge >= 0.3 is 0 Å². The van der Waals surface area contributed by atoms with Gasteiger partial charge in [0.05, 0.1) is 13.7 Å². The van der Waals surface area contributed by atoms with Gasteiger partial charge in [0.1, 0.15) is 0 Å². The number of aryl methyl sites for hydroxylation is 1. The van der Waals surface area contributed by atoms with Gasteiger partial charge in [-0.25, -0.2) is 0 Å². The van der Waals surface area contributed by atoms with Crippen LogP contribution in [0.1, 0.15) is 22.8 Å². The van der Waals surface area contributed by atoms with Crippen LogP contribution in [0.3, 0.4) is 0 Å². The minimum atomic E-state index is -0.239. The van der Waals surface area contributed by atoms with Gasteiger partial charge in [0, 0.05) is 36.8 Å². The first-order chi connectivity index (χ1) is 12.1. The van der Waals surface area contributed by atoms with Crippen molar-refractivity contribution in [3.63, 3.8) is 0 Å². The van der Waals surface area contributed by atoms with Gasteiger partial charge in [-0.15, -0.1) is 0 Å². The maximum atomic E-state index is 12.3. The summed E-state index contributed by atoms with van der Waals surface area (Å²) in [6, 6.07) is 8.86.